The number of ether oxygens (including phenoxy) is 1. The molecule has 0 aliphatic carbocycles. The van der Waals surface area contributed by atoms with Gasteiger partial charge >= 0.3 is 0 Å². The van der Waals surface area contributed by atoms with Crippen molar-refractivity contribution in [2.75, 3.05) is 24.5 Å². The molecule has 0 amide bonds. The topological polar surface area (TPSA) is 75.6 Å². The SMILES string of the molecule is Cc1cccc(S(=O)(=O)N2CCc3nc(N4CCC(C)CC4)nc(Oc4ccc(F)cc4F)c3C2)c1. The zero-order chi connectivity index (χ0) is 25.4. The summed E-state index contributed by atoms with van der Waals surface area (Å²) in [5.41, 5.74) is 2.00. The van der Waals surface area contributed by atoms with E-state index in [1.807, 2.05) is 13.0 Å². The number of aryl methyl sites for hydroxylation is 1. The summed E-state index contributed by atoms with van der Waals surface area (Å²) in [4.78, 5) is 11.7. The van der Waals surface area contributed by atoms with E-state index in [0.717, 1.165) is 43.6 Å². The normalized spacial score (nSPS) is 17.2. The number of hydrogen-bond acceptors (Lipinski definition) is 6. The molecule has 3 aromatic rings. The lowest BCUT2D eigenvalue weighted by molar-refractivity contribution is 0.362. The summed E-state index contributed by atoms with van der Waals surface area (Å²) in [7, 11) is -3.78. The average Bonchev–Trinajstić information content (AvgIpc) is 2.85. The third-order valence-electron chi connectivity index (χ3n) is 6.77. The Morgan fingerprint density at radius 3 is 2.53 bits per heavy atom. The van der Waals surface area contributed by atoms with Gasteiger partial charge in [0.15, 0.2) is 11.6 Å². The molecule has 1 saturated heterocycles. The number of benzene rings is 2. The van der Waals surface area contributed by atoms with Gasteiger partial charge < -0.3 is 9.64 Å². The zero-order valence-corrected chi connectivity index (χ0v) is 21.1. The van der Waals surface area contributed by atoms with Gasteiger partial charge in [-0.25, -0.2) is 22.2 Å². The maximum absolute atomic E-state index is 14.5. The molecule has 2 aromatic carbocycles. The van der Waals surface area contributed by atoms with Crippen LogP contribution in [0, 0.1) is 24.5 Å². The van der Waals surface area contributed by atoms with E-state index < -0.39 is 21.7 Å². The molecular formula is C26H28F2N4O3S. The highest BCUT2D eigenvalue weighted by Crippen LogP contribution is 2.35. The Bertz CT molecular complexity index is 1390. The Hall–Kier alpha value is -3.11. The fourth-order valence-electron chi connectivity index (χ4n) is 4.57. The van der Waals surface area contributed by atoms with Crippen LogP contribution in [0.3, 0.4) is 0 Å². The molecule has 7 nitrogen and oxygen atoms in total. The number of piperidine rings is 1. The van der Waals surface area contributed by atoms with E-state index in [9.17, 15) is 17.2 Å². The Labute approximate surface area is 209 Å². The fourth-order valence-corrected chi connectivity index (χ4v) is 6.09. The Balaban J connectivity index is 1.53. The molecule has 5 rings (SSSR count). The van der Waals surface area contributed by atoms with Crippen LogP contribution in [0.5, 0.6) is 11.6 Å². The molecule has 0 unspecified atom stereocenters. The van der Waals surface area contributed by atoms with Crippen molar-refractivity contribution in [3.05, 3.63) is 70.9 Å². The second-order valence-corrected chi connectivity index (χ2v) is 11.4. The standard InChI is InChI=1S/C26H28F2N4O3S/c1-17-8-11-31(12-9-17)26-29-23-10-13-32(36(33,34)20-5-3-4-18(2)14-20)16-21(23)25(30-26)35-24-7-6-19(27)15-22(24)28/h3-7,14-15,17H,8-13,16H2,1-2H3. The maximum atomic E-state index is 14.5. The molecule has 2 aliphatic rings. The lowest BCUT2D eigenvalue weighted by Gasteiger charge is -2.33. The highest BCUT2D eigenvalue weighted by Gasteiger charge is 2.33. The zero-order valence-electron chi connectivity index (χ0n) is 20.2. The molecular weight excluding hydrogens is 486 g/mol. The predicted octanol–water partition coefficient (Wildman–Crippen LogP) is 4.84. The van der Waals surface area contributed by atoms with Gasteiger partial charge in [0, 0.05) is 38.7 Å². The van der Waals surface area contributed by atoms with E-state index in [1.54, 1.807) is 18.2 Å². The number of fused-ring (bicyclic) bond motifs is 1. The van der Waals surface area contributed by atoms with Crippen LogP contribution in [-0.2, 0) is 23.0 Å². The highest BCUT2D eigenvalue weighted by molar-refractivity contribution is 7.89. The summed E-state index contributed by atoms with van der Waals surface area (Å²) in [5, 5.41) is 0. The van der Waals surface area contributed by atoms with Crippen LogP contribution in [0.4, 0.5) is 14.7 Å². The third-order valence-corrected chi connectivity index (χ3v) is 8.61. The minimum absolute atomic E-state index is 0.0128. The van der Waals surface area contributed by atoms with E-state index in [1.165, 1.54) is 10.4 Å². The third kappa shape index (κ3) is 4.92. The first kappa shape index (κ1) is 24.6. The molecule has 1 fully saturated rings. The monoisotopic (exact) mass is 514 g/mol. The van der Waals surface area contributed by atoms with Gasteiger partial charge in [-0.2, -0.15) is 9.29 Å². The van der Waals surface area contributed by atoms with E-state index >= 15 is 0 Å². The Kier molecular flexibility index (Phi) is 6.65. The number of hydrogen-bond donors (Lipinski definition) is 0. The largest absolute Gasteiger partial charge is 0.435 e. The molecule has 1 aromatic heterocycles. The van der Waals surface area contributed by atoms with E-state index in [2.05, 4.69) is 16.8 Å². The van der Waals surface area contributed by atoms with Crippen LogP contribution in [-0.4, -0.2) is 42.3 Å². The van der Waals surface area contributed by atoms with Gasteiger partial charge in [0.1, 0.15) is 5.82 Å². The molecule has 0 radical (unpaired) electrons. The van der Waals surface area contributed by atoms with Crippen molar-refractivity contribution < 1.29 is 21.9 Å². The summed E-state index contributed by atoms with van der Waals surface area (Å²) in [6, 6.07) is 9.79. The maximum Gasteiger partial charge on any atom is 0.243 e. The van der Waals surface area contributed by atoms with Gasteiger partial charge in [-0.3, -0.25) is 0 Å². The molecule has 0 spiro atoms. The number of aromatic nitrogens is 2. The van der Waals surface area contributed by atoms with Crippen molar-refractivity contribution in [2.24, 2.45) is 5.92 Å². The van der Waals surface area contributed by atoms with Crippen LogP contribution in [0.2, 0.25) is 0 Å². The molecule has 36 heavy (non-hydrogen) atoms. The van der Waals surface area contributed by atoms with Crippen LogP contribution in [0.25, 0.3) is 0 Å². The second kappa shape index (κ2) is 9.74. The Morgan fingerprint density at radius 2 is 1.81 bits per heavy atom. The van der Waals surface area contributed by atoms with E-state index in [-0.39, 0.29) is 29.6 Å². The van der Waals surface area contributed by atoms with Gasteiger partial charge in [-0.1, -0.05) is 19.1 Å². The minimum atomic E-state index is -3.78. The average molecular weight is 515 g/mol. The fraction of sp³-hybridized carbons (Fsp3) is 0.385. The molecule has 190 valence electrons. The van der Waals surface area contributed by atoms with Crippen molar-refractivity contribution in [3.63, 3.8) is 0 Å². The second-order valence-electron chi connectivity index (χ2n) is 9.51. The van der Waals surface area contributed by atoms with Gasteiger partial charge in [-0.05, 0) is 55.5 Å². The molecule has 0 N–H and O–H groups in total. The number of halogens is 2. The molecule has 0 atom stereocenters. The van der Waals surface area contributed by atoms with Crippen LogP contribution < -0.4 is 9.64 Å². The molecule has 10 heteroatoms. The van der Waals surface area contributed by atoms with Crippen LogP contribution in [0.1, 0.15) is 36.6 Å². The van der Waals surface area contributed by atoms with Gasteiger partial charge in [-0.15, -0.1) is 0 Å². The summed E-state index contributed by atoms with van der Waals surface area (Å²) in [6.45, 7) is 5.86. The number of rotatable bonds is 5. The van der Waals surface area contributed by atoms with E-state index in [0.29, 0.717) is 29.5 Å². The van der Waals surface area contributed by atoms with Crippen LogP contribution in [0.15, 0.2) is 47.4 Å². The molecule has 2 aliphatic heterocycles. The van der Waals surface area contributed by atoms with Crippen molar-refractivity contribution in [3.8, 4) is 11.6 Å². The lowest BCUT2D eigenvalue weighted by Crippen LogP contribution is -2.38. The van der Waals surface area contributed by atoms with Gasteiger partial charge in [0.25, 0.3) is 0 Å². The first-order valence-electron chi connectivity index (χ1n) is 12.0. The van der Waals surface area contributed by atoms with Gasteiger partial charge in [0.2, 0.25) is 21.9 Å². The first-order valence-corrected chi connectivity index (χ1v) is 13.5. The lowest BCUT2D eigenvalue weighted by atomic mass is 9.99. The molecule has 0 bridgehead atoms. The minimum Gasteiger partial charge on any atom is -0.435 e. The summed E-state index contributed by atoms with van der Waals surface area (Å²) < 4.78 is 61.9. The molecule has 0 saturated carbocycles. The van der Waals surface area contributed by atoms with Crippen molar-refractivity contribution >= 4 is 16.0 Å². The predicted molar refractivity (Wildman–Crippen MR) is 132 cm³/mol. The number of sulfonamides is 1. The first-order chi connectivity index (χ1) is 17.2. The quantitative estimate of drug-likeness (QED) is 0.485. The van der Waals surface area contributed by atoms with Crippen LogP contribution >= 0.6 is 0 Å². The van der Waals surface area contributed by atoms with E-state index in [4.69, 9.17) is 9.72 Å². The van der Waals surface area contributed by atoms with Gasteiger partial charge in [0.05, 0.1) is 16.2 Å². The summed E-state index contributed by atoms with van der Waals surface area (Å²) in [6.07, 6.45) is 2.37. The van der Waals surface area contributed by atoms with Crippen molar-refractivity contribution in [2.45, 2.75) is 44.6 Å². The number of nitrogens with zero attached hydrogens (tertiary/aromatic N) is 4. The number of anilines is 1. The smallest absolute Gasteiger partial charge is 0.243 e. The summed E-state index contributed by atoms with van der Waals surface area (Å²) in [5.74, 6) is -0.590. The molecule has 3 heterocycles. The summed E-state index contributed by atoms with van der Waals surface area (Å²) >= 11 is 0. The Morgan fingerprint density at radius 1 is 1.03 bits per heavy atom. The van der Waals surface area contributed by atoms with Crippen molar-refractivity contribution in [1.82, 2.24) is 14.3 Å². The highest BCUT2D eigenvalue weighted by atomic mass is 32.2. The van der Waals surface area contributed by atoms with Crippen molar-refractivity contribution in [1.29, 1.82) is 0 Å².